The molecule has 0 unspecified atom stereocenters. The molecule has 0 aliphatic carbocycles. The molecular formula is C13H15NO3. The molecule has 90 valence electrons. The maximum absolute atomic E-state index is 11.8. The van der Waals surface area contributed by atoms with Gasteiger partial charge in [-0.05, 0) is 24.1 Å². The second kappa shape index (κ2) is 5.96. The normalized spacial score (nSPS) is 9.76. The summed E-state index contributed by atoms with van der Waals surface area (Å²) in [4.78, 5) is 23.1. The number of nitrogens with one attached hydrogen (secondary N) is 1. The third kappa shape index (κ3) is 3.26. The van der Waals surface area contributed by atoms with Gasteiger partial charge in [0, 0.05) is 24.8 Å². The molecule has 4 nitrogen and oxygen atoms in total. The Kier molecular flexibility index (Phi) is 4.60. The number of hydrogen-bond donors (Lipinski definition) is 2. The summed E-state index contributed by atoms with van der Waals surface area (Å²) in [5.41, 5.74) is 1.33. The third-order valence-electron chi connectivity index (χ3n) is 2.37. The fourth-order valence-electron chi connectivity index (χ4n) is 1.37. The summed E-state index contributed by atoms with van der Waals surface area (Å²) in [5, 5.41) is 11.2. The van der Waals surface area contributed by atoms with E-state index in [1.54, 1.807) is 31.3 Å². The highest BCUT2D eigenvalue weighted by atomic mass is 16.3. The van der Waals surface area contributed by atoms with Gasteiger partial charge in [-0.2, -0.15) is 0 Å². The van der Waals surface area contributed by atoms with Crippen molar-refractivity contribution in [2.45, 2.75) is 6.42 Å². The van der Waals surface area contributed by atoms with Crippen molar-refractivity contribution in [3.8, 4) is 0 Å². The predicted octanol–water partition coefficient (Wildman–Crippen LogP) is 1.17. The highest BCUT2D eigenvalue weighted by Crippen LogP contribution is 2.11. The predicted molar refractivity (Wildman–Crippen MR) is 65.0 cm³/mol. The van der Waals surface area contributed by atoms with Gasteiger partial charge in [-0.25, -0.2) is 0 Å². The van der Waals surface area contributed by atoms with Gasteiger partial charge in [0.2, 0.25) is 0 Å². The molecule has 0 aliphatic rings. The Morgan fingerprint density at radius 1 is 1.24 bits per heavy atom. The van der Waals surface area contributed by atoms with Gasteiger partial charge in [0.25, 0.3) is 5.91 Å². The van der Waals surface area contributed by atoms with Gasteiger partial charge in [-0.1, -0.05) is 18.7 Å². The fourth-order valence-corrected chi connectivity index (χ4v) is 1.37. The van der Waals surface area contributed by atoms with Crippen molar-refractivity contribution < 1.29 is 14.7 Å². The number of aliphatic hydroxyl groups excluding tert-OH is 1. The minimum atomic E-state index is -0.206. The summed E-state index contributed by atoms with van der Waals surface area (Å²) < 4.78 is 0. The van der Waals surface area contributed by atoms with Gasteiger partial charge in [0.15, 0.2) is 5.78 Å². The molecule has 0 aliphatic heterocycles. The summed E-state index contributed by atoms with van der Waals surface area (Å²) in [6, 6.07) is 6.32. The highest BCUT2D eigenvalue weighted by molar-refractivity contribution is 6.08. The van der Waals surface area contributed by atoms with E-state index < -0.39 is 0 Å². The first-order chi connectivity index (χ1) is 8.10. The summed E-state index contributed by atoms with van der Waals surface area (Å²) in [5.74, 6) is -0.402. The number of aliphatic hydroxyl groups is 1. The molecule has 0 heterocycles. The zero-order valence-electron chi connectivity index (χ0n) is 9.69. The molecule has 2 N–H and O–H groups in total. The molecule has 0 fully saturated rings. The van der Waals surface area contributed by atoms with Crippen LogP contribution in [0.2, 0.25) is 0 Å². The lowest BCUT2D eigenvalue weighted by Gasteiger charge is -2.04. The Hall–Kier alpha value is -1.94. The molecular weight excluding hydrogens is 218 g/mol. The van der Waals surface area contributed by atoms with Crippen LogP contribution >= 0.6 is 0 Å². The van der Waals surface area contributed by atoms with Crippen LogP contribution in [0.1, 0.15) is 27.1 Å². The maximum atomic E-state index is 11.8. The topological polar surface area (TPSA) is 66.4 Å². The standard InChI is InChI=1S/C13H15NO3/c1-9(7-8-15)12(16)10-3-5-11(6-4-10)13(17)14-2/h3-6,15H,1,7-8H2,2H3,(H,14,17). The van der Waals surface area contributed by atoms with E-state index in [2.05, 4.69) is 11.9 Å². The van der Waals surface area contributed by atoms with Gasteiger partial charge >= 0.3 is 0 Å². The number of amides is 1. The van der Waals surface area contributed by atoms with E-state index in [0.717, 1.165) is 0 Å². The first-order valence-corrected chi connectivity index (χ1v) is 5.25. The van der Waals surface area contributed by atoms with Crippen LogP contribution in [0.4, 0.5) is 0 Å². The molecule has 4 heteroatoms. The molecule has 0 spiro atoms. The Bertz CT molecular complexity index is 434. The SMILES string of the molecule is C=C(CCO)C(=O)c1ccc(C(=O)NC)cc1. The number of rotatable bonds is 5. The first kappa shape index (κ1) is 13.1. The monoisotopic (exact) mass is 233 g/mol. The van der Waals surface area contributed by atoms with Crippen LogP contribution in [-0.2, 0) is 0 Å². The molecule has 0 atom stereocenters. The average molecular weight is 233 g/mol. The van der Waals surface area contributed by atoms with Crippen LogP contribution in [-0.4, -0.2) is 30.5 Å². The summed E-state index contributed by atoms with van der Waals surface area (Å²) >= 11 is 0. The molecule has 0 radical (unpaired) electrons. The fraction of sp³-hybridized carbons (Fsp3) is 0.231. The Labute approximate surface area is 100.0 Å². The van der Waals surface area contributed by atoms with Gasteiger partial charge in [0.05, 0.1) is 0 Å². The van der Waals surface area contributed by atoms with E-state index in [0.29, 0.717) is 16.7 Å². The maximum Gasteiger partial charge on any atom is 0.251 e. The lowest BCUT2D eigenvalue weighted by molar-refractivity contribution is 0.0961. The summed E-state index contributed by atoms with van der Waals surface area (Å²) in [6.07, 6.45) is 0.260. The third-order valence-corrected chi connectivity index (χ3v) is 2.37. The number of Topliss-reactive ketones (excluding diaryl/α,β-unsaturated/α-hetero) is 1. The van der Waals surface area contributed by atoms with Gasteiger partial charge in [-0.15, -0.1) is 0 Å². The van der Waals surface area contributed by atoms with Crippen molar-refractivity contribution in [3.05, 3.63) is 47.5 Å². The van der Waals surface area contributed by atoms with Crippen LogP contribution < -0.4 is 5.32 Å². The highest BCUT2D eigenvalue weighted by Gasteiger charge is 2.10. The number of benzene rings is 1. The van der Waals surface area contributed by atoms with Crippen molar-refractivity contribution in [3.63, 3.8) is 0 Å². The average Bonchev–Trinajstić information content (AvgIpc) is 2.37. The Balaban J connectivity index is 2.84. The quantitative estimate of drug-likeness (QED) is 0.592. The van der Waals surface area contributed by atoms with Crippen LogP contribution in [0.3, 0.4) is 0 Å². The zero-order valence-corrected chi connectivity index (χ0v) is 9.69. The molecule has 1 aromatic rings. The van der Waals surface area contributed by atoms with Crippen molar-refractivity contribution in [1.29, 1.82) is 0 Å². The van der Waals surface area contributed by atoms with Crippen molar-refractivity contribution in [1.82, 2.24) is 5.32 Å². The van der Waals surface area contributed by atoms with Crippen molar-refractivity contribution >= 4 is 11.7 Å². The molecule has 17 heavy (non-hydrogen) atoms. The Morgan fingerprint density at radius 3 is 2.24 bits per heavy atom. The Morgan fingerprint density at radius 2 is 1.76 bits per heavy atom. The van der Waals surface area contributed by atoms with Crippen LogP contribution in [0.25, 0.3) is 0 Å². The van der Waals surface area contributed by atoms with Crippen molar-refractivity contribution in [2.24, 2.45) is 0 Å². The molecule has 1 amide bonds. The second-order valence-corrected chi connectivity index (χ2v) is 3.56. The lowest BCUT2D eigenvalue weighted by Crippen LogP contribution is -2.17. The molecule has 0 aromatic heterocycles. The van der Waals surface area contributed by atoms with Crippen LogP contribution in [0, 0.1) is 0 Å². The molecule has 0 saturated heterocycles. The van der Waals surface area contributed by atoms with E-state index in [-0.39, 0.29) is 24.7 Å². The minimum absolute atomic E-state index is 0.0963. The van der Waals surface area contributed by atoms with E-state index >= 15 is 0 Å². The lowest BCUT2D eigenvalue weighted by atomic mass is 10.0. The first-order valence-electron chi connectivity index (χ1n) is 5.25. The van der Waals surface area contributed by atoms with E-state index in [9.17, 15) is 9.59 Å². The minimum Gasteiger partial charge on any atom is -0.396 e. The number of carbonyl (C=O) groups is 2. The van der Waals surface area contributed by atoms with Crippen molar-refractivity contribution in [2.75, 3.05) is 13.7 Å². The van der Waals surface area contributed by atoms with Gasteiger partial charge < -0.3 is 10.4 Å². The zero-order chi connectivity index (χ0) is 12.8. The molecule has 0 bridgehead atoms. The summed E-state index contributed by atoms with van der Waals surface area (Å²) in [6.45, 7) is 3.51. The molecule has 0 saturated carbocycles. The number of carbonyl (C=O) groups excluding carboxylic acids is 2. The van der Waals surface area contributed by atoms with E-state index in [1.165, 1.54) is 0 Å². The van der Waals surface area contributed by atoms with E-state index in [1.807, 2.05) is 0 Å². The number of hydrogen-bond acceptors (Lipinski definition) is 3. The largest absolute Gasteiger partial charge is 0.396 e. The smallest absolute Gasteiger partial charge is 0.251 e. The van der Waals surface area contributed by atoms with Crippen LogP contribution in [0.5, 0.6) is 0 Å². The van der Waals surface area contributed by atoms with E-state index in [4.69, 9.17) is 5.11 Å². The molecule has 1 aromatic carbocycles. The second-order valence-electron chi connectivity index (χ2n) is 3.56. The van der Waals surface area contributed by atoms with Gasteiger partial charge in [-0.3, -0.25) is 9.59 Å². The van der Waals surface area contributed by atoms with Gasteiger partial charge in [0.1, 0.15) is 0 Å². The summed E-state index contributed by atoms with van der Waals surface area (Å²) in [7, 11) is 1.55. The van der Waals surface area contributed by atoms with Crippen LogP contribution in [0.15, 0.2) is 36.4 Å². The molecule has 1 rings (SSSR count). The number of ketones is 1.